The van der Waals surface area contributed by atoms with Crippen LogP contribution in [0.5, 0.6) is 0 Å². The third kappa shape index (κ3) is 3.61. The number of aromatic nitrogens is 2. The second kappa shape index (κ2) is 7.47. The lowest BCUT2D eigenvalue weighted by atomic mass is 10.1. The van der Waals surface area contributed by atoms with Crippen LogP contribution in [-0.2, 0) is 24.1 Å². The summed E-state index contributed by atoms with van der Waals surface area (Å²) in [6, 6.07) is 12.3. The first kappa shape index (κ1) is 20.2. The van der Waals surface area contributed by atoms with Crippen molar-refractivity contribution in [3.05, 3.63) is 65.0 Å². The molecule has 1 aromatic heterocycles. The lowest BCUT2D eigenvalue weighted by Crippen LogP contribution is -2.24. The molecule has 0 aliphatic carbocycles. The molecule has 0 radical (unpaired) electrons. The van der Waals surface area contributed by atoms with Crippen LogP contribution in [0.25, 0.3) is 11.4 Å². The minimum atomic E-state index is -4.73. The van der Waals surface area contributed by atoms with Crippen LogP contribution in [0.3, 0.4) is 0 Å². The highest BCUT2D eigenvalue weighted by molar-refractivity contribution is 5.99. The molecule has 2 aliphatic heterocycles. The number of carbonyl (C=O) groups is 2. The molecule has 1 saturated heterocycles. The molecule has 0 bridgehead atoms. The van der Waals surface area contributed by atoms with E-state index in [1.807, 2.05) is 24.3 Å². The Labute approximate surface area is 180 Å². The zero-order valence-electron chi connectivity index (χ0n) is 16.7. The van der Waals surface area contributed by atoms with Crippen molar-refractivity contribution in [1.29, 1.82) is 0 Å². The summed E-state index contributed by atoms with van der Waals surface area (Å²) >= 11 is 0. The fourth-order valence-corrected chi connectivity index (χ4v) is 4.01. The molecule has 0 N–H and O–H groups in total. The SMILES string of the molecule is O=C1c2cc(-c3noc(C(F)(F)F)n3)ccc2CN1Cc1ccc(N2CCCC2=O)cc1. The Hall–Kier alpha value is -3.69. The lowest BCUT2D eigenvalue weighted by Gasteiger charge is -2.18. The molecular weight excluding hydrogens is 425 g/mol. The van der Waals surface area contributed by atoms with Gasteiger partial charge < -0.3 is 14.3 Å². The number of nitrogens with zero attached hydrogens (tertiary/aromatic N) is 4. The second-order valence-electron chi connectivity index (χ2n) is 7.77. The van der Waals surface area contributed by atoms with E-state index in [1.165, 1.54) is 6.07 Å². The fourth-order valence-electron chi connectivity index (χ4n) is 4.01. The highest BCUT2D eigenvalue weighted by Crippen LogP contribution is 2.32. The number of rotatable bonds is 4. The van der Waals surface area contributed by atoms with Crippen molar-refractivity contribution in [3.63, 3.8) is 0 Å². The molecule has 2 aromatic carbocycles. The third-order valence-corrected chi connectivity index (χ3v) is 5.61. The van der Waals surface area contributed by atoms with E-state index in [4.69, 9.17) is 0 Å². The number of benzene rings is 2. The van der Waals surface area contributed by atoms with Gasteiger partial charge in [-0.3, -0.25) is 9.59 Å². The van der Waals surface area contributed by atoms with E-state index in [2.05, 4.69) is 14.7 Å². The Balaban J connectivity index is 1.31. The monoisotopic (exact) mass is 442 g/mol. The average Bonchev–Trinajstić information content (AvgIpc) is 3.48. The molecular formula is C22H17F3N4O3. The Morgan fingerprint density at radius 2 is 1.84 bits per heavy atom. The summed E-state index contributed by atoms with van der Waals surface area (Å²) in [6.45, 7) is 1.48. The first-order chi connectivity index (χ1) is 15.3. The number of anilines is 1. The van der Waals surface area contributed by atoms with Crippen LogP contribution in [0.15, 0.2) is 47.0 Å². The van der Waals surface area contributed by atoms with Crippen LogP contribution in [0.1, 0.15) is 40.2 Å². The van der Waals surface area contributed by atoms with Crippen LogP contribution in [0, 0.1) is 0 Å². The van der Waals surface area contributed by atoms with Crippen LogP contribution in [0.2, 0.25) is 0 Å². The van der Waals surface area contributed by atoms with Crippen molar-refractivity contribution in [2.45, 2.75) is 32.1 Å². The number of carbonyl (C=O) groups excluding carboxylic acids is 2. The number of halogens is 3. The van der Waals surface area contributed by atoms with E-state index in [0.29, 0.717) is 31.6 Å². The minimum Gasteiger partial charge on any atom is -0.330 e. The fraction of sp³-hybridized carbons (Fsp3) is 0.273. The maximum atomic E-state index is 12.9. The van der Waals surface area contributed by atoms with Crippen molar-refractivity contribution in [3.8, 4) is 11.4 Å². The average molecular weight is 442 g/mol. The van der Waals surface area contributed by atoms with Crippen LogP contribution < -0.4 is 4.90 Å². The van der Waals surface area contributed by atoms with Crippen molar-refractivity contribution in [2.24, 2.45) is 0 Å². The molecule has 0 unspecified atom stereocenters. The smallest absolute Gasteiger partial charge is 0.330 e. The highest BCUT2D eigenvalue weighted by Gasteiger charge is 2.38. The van der Waals surface area contributed by atoms with E-state index >= 15 is 0 Å². The Morgan fingerprint density at radius 3 is 2.50 bits per heavy atom. The summed E-state index contributed by atoms with van der Waals surface area (Å²) in [5.74, 6) is -1.76. The van der Waals surface area contributed by atoms with Crippen LogP contribution >= 0.6 is 0 Å². The molecule has 7 nitrogen and oxygen atoms in total. The maximum Gasteiger partial charge on any atom is 0.471 e. The first-order valence-electron chi connectivity index (χ1n) is 10.0. The maximum absolute atomic E-state index is 12.9. The van der Waals surface area contributed by atoms with Crippen molar-refractivity contribution < 1.29 is 27.3 Å². The van der Waals surface area contributed by atoms with Gasteiger partial charge in [0.1, 0.15) is 0 Å². The van der Waals surface area contributed by atoms with Gasteiger partial charge in [0.25, 0.3) is 5.91 Å². The third-order valence-electron chi connectivity index (χ3n) is 5.61. The normalized spacial score (nSPS) is 16.2. The van der Waals surface area contributed by atoms with Gasteiger partial charge in [0.05, 0.1) is 0 Å². The zero-order valence-corrected chi connectivity index (χ0v) is 16.7. The highest BCUT2D eigenvalue weighted by atomic mass is 19.4. The second-order valence-corrected chi connectivity index (χ2v) is 7.77. The molecule has 5 rings (SSSR count). The van der Waals surface area contributed by atoms with E-state index in [-0.39, 0.29) is 23.2 Å². The molecule has 3 heterocycles. The van der Waals surface area contributed by atoms with Gasteiger partial charge in [-0.1, -0.05) is 29.4 Å². The molecule has 1 fully saturated rings. The number of fused-ring (bicyclic) bond motifs is 1. The van der Waals surface area contributed by atoms with Gasteiger partial charge in [0.2, 0.25) is 11.7 Å². The largest absolute Gasteiger partial charge is 0.471 e. The summed E-state index contributed by atoms with van der Waals surface area (Å²) in [5, 5.41) is 3.38. The molecule has 2 amide bonds. The summed E-state index contributed by atoms with van der Waals surface area (Å²) in [5.41, 5.74) is 3.21. The molecule has 0 atom stereocenters. The zero-order chi connectivity index (χ0) is 22.5. The van der Waals surface area contributed by atoms with Crippen LogP contribution in [-0.4, -0.2) is 33.4 Å². The quantitative estimate of drug-likeness (QED) is 0.610. The minimum absolute atomic E-state index is 0.114. The number of hydrogen-bond acceptors (Lipinski definition) is 5. The standard InChI is InChI=1S/C22H17F3N4O3/c23-22(24,25)21-26-19(27-32-21)14-5-6-15-12-28(20(31)17(15)10-14)11-13-3-7-16(8-4-13)29-9-1-2-18(29)30/h3-8,10H,1-2,9,11-12H2. The number of alkyl halides is 3. The topological polar surface area (TPSA) is 79.5 Å². The molecule has 3 aromatic rings. The van der Waals surface area contributed by atoms with Gasteiger partial charge in [-0.05, 0) is 35.7 Å². The molecule has 32 heavy (non-hydrogen) atoms. The number of hydrogen-bond donors (Lipinski definition) is 0. The lowest BCUT2D eigenvalue weighted by molar-refractivity contribution is -0.159. The first-order valence-corrected chi connectivity index (χ1v) is 10.0. The Morgan fingerprint density at radius 1 is 1.06 bits per heavy atom. The van der Waals surface area contributed by atoms with E-state index in [1.54, 1.807) is 21.9 Å². The number of amides is 2. The molecule has 0 spiro atoms. The summed E-state index contributed by atoms with van der Waals surface area (Å²) < 4.78 is 42.4. The predicted octanol–water partition coefficient (Wildman–Crippen LogP) is 4.04. The van der Waals surface area contributed by atoms with Gasteiger partial charge in [-0.2, -0.15) is 18.2 Å². The molecule has 164 valence electrons. The predicted molar refractivity (Wildman–Crippen MR) is 106 cm³/mol. The summed E-state index contributed by atoms with van der Waals surface area (Å²) in [4.78, 5) is 31.6. The molecule has 0 saturated carbocycles. The van der Waals surface area contributed by atoms with E-state index < -0.39 is 12.1 Å². The van der Waals surface area contributed by atoms with Gasteiger partial charge in [-0.25, -0.2) is 0 Å². The van der Waals surface area contributed by atoms with Crippen molar-refractivity contribution in [2.75, 3.05) is 11.4 Å². The summed E-state index contributed by atoms with van der Waals surface area (Å²) in [7, 11) is 0. The van der Waals surface area contributed by atoms with Gasteiger partial charge in [-0.15, -0.1) is 0 Å². The van der Waals surface area contributed by atoms with Gasteiger partial charge in [0, 0.05) is 42.9 Å². The van der Waals surface area contributed by atoms with Gasteiger partial charge >= 0.3 is 12.1 Å². The Bertz CT molecular complexity index is 1200. The van der Waals surface area contributed by atoms with Gasteiger partial charge in [0.15, 0.2) is 0 Å². The van der Waals surface area contributed by atoms with E-state index in [0.717, 1.165) is 23.2 Å². The molecule has 2 aliphatic rings. The van der Waals surface area contributed by atoms with Crippen molar-refractivity contribution >= 4 is 17.5 Å². The van der Waals surface area contributed by atoms with Crippen LogP contribution in [0.4, 0.5) is 18.9 Å². The molecule has 10 heteroatoms. The summed E-state index contributed by atoms with van der Waals surface area (Å²) in [6.07, 6.45) is -3.32. The van der Waals surface area contributed by atoms with Crippen molar-refractivity contribution in [1.82, 2.24) is 15.0 Å². The Kier molecular flexibility index (Phi) is 4.72. The van der Waals surface area contributed by atoms with E-state index in [9.17, 15) is 22.8 Å².